The Bertz CT molecular complexity index is 1160. The van der Waals surface area contributed by atoms with E-state index in [9.17, 15) is 18.0 Å². The lowest BCUT2D eigenvalue weighted by molar-refractivity contribution is -0.146. The van der Waals surface area contributed by atoms with Crippen molar-refractivity contribution < 1.29 is 22.7 Å². The smallest absolute Gasteiger partial charge is 0.251 e. The molecule has 1 aromatic carbocycles. The fourth-order valence-corrected chi connectivity index (χ4v) is 5.53. The zero-order valence-electron chi connectivity index (χ0n) is 20.1. The lowest BCUT2D eigenvalue weighted by Gasteiger charge is -2.35. The first kappa shape index (κ1) is 24.6. The summed E-state index contributed by atoms with van der Waals surface area (Å²) < 4.78 is 33.7. The van der Waals surface area contributed by atoms with Gasteiger partial charge in [0.05, 0.1) is 15.9 Å². The van der Waals surface area contributed by atoms with E-state index in [0.717, 1.165) is 24.2 Å². The molecular weight excluding hydrogens is 458 g/mol. The molecule has 1 aromatic heterocycles. The number of nitrogens with zero attached hydrogens (tertiary/aromatic N) is 5. The highest BCUT2D eigenvalue weighted by Crippen LogP contribution is 2.23. The van der Waals surface area contributed by atoms with Crippen LogP contribution in [0, 0.1) is 0 Å². The van der Waals surface area contributed by atoms with Crippen LogP contribution in [0.5, 0.6) is 0 Å². The van der Waals surface area contributed by atoms with E-state index in [-0.39, 0.29) is 22.8 Å². The van der Waals surface area contributed by atoms with Crippen molar-refractivity contribution in [1.82, 2.24) is 23.7 Å². The second-order valence-corrected chi connectivity index (χ2v) is 11.1. The van der Waals surface area contributed by atoms with Crippen molar-refractivity contribution in [3.8, 4) is 0 Å². The summed E-state index contributed by atoms with van der Waals surface area (Å²) in [5.41, 5.74) is 1.46. The Morgan fingerprint density at radius 3 is 2.47 bits per heavy atom. The SMILES string of the molecule is CCn1c(CCC(=O)N2CCN(C(=O)C3CCCO3)CC2)nc2cc(S(=O)(=O)N(C)C)ccc21. The van der Waals surface area contributed by atoms with Gasteiger partial charge in [0.2, 0.25) is 15.9 Å². The summed E-state index contributed by atoms with van der Waals surface area (Å²) in [7, 11) is -0.549. The molecule has 0 aliphatic carbocycles. The summed E-state index contributed by atoms with van der Waals surface area (Å²) in [6, 6.07) is 4.96. The molecule has 2 amide bonds. The van der Waals surface area contributed by atoms with E-state index < -0.39 is 10.0 Å². The van der Waals surface area contributed by atoms with Gasteiger partial charge in [0.1, 0.15) is 11.9 Å². The van der Waals surface area contributed by atoms with Gasteiger partial charge in [-0.05, 0) is 38.0 Å². The van der Waals surface area contributed by atoms with Crippen molar-refractivity contribution in [2.24, 2.45) is 0 Å². The van der Waals surface area contributed by atoms with Gasteiger partial charge in [-0.15, -0.1) is 0 Å². The van der Waals surface area contributed by atoms with E-state index in [1.807, 2.05) is 11.5 Å². The number of imidazole rings is 1. The molecule has 0 spiro atoms. The topological polar surface area (TPSA) is 105 Å². The Kier molecular flexibility index (Phi) is 7.25. The third-order valence-electron chi connectivity index (χ3n) is 6.61. The van der Waals surface area contributed by atoms with Crippen LogP contribution in [0.3, 0.4) is 0 Å². The Morgan fingerprint density at radius 1 is 1.15 bits per heavy atom. The van der Waals surface area contributed by atoms with Crippen molar-refractivity contribution in [1.29, 1.82) is 0 Å². The number of fused-ring (bicyclic) bond motifs is 1. The molecule has 34 heavy (non-hydrogen) atoms. The van der Waals surface area contributed by atoms with E-state index in [0.29, 0.717) is 57.7 Å². The minimum absolute atomic E-state index is 0.0369. The van der Waals surface area contributed by atoms with Crippen molar-refractivity contribution in [3.63, 3.8) is 0 Å². The first-order valence-corrected chi connectivity index (χ1v) is 13.3. The summed E-state index contributed by atoms with van der Waals surface area (Å²) in [6.07, 6.45) is 2.15. The monoisotopic (exact) mass is 491 g/mol. The molecule has 186 valence electrons. The number of aryl methyl sites for hydroxylation is 2. The standard InChI is InChI=1S/C23H33N5O5S/c1-4-28-19-8-7-17(34(31,32)25(2)3)16-18(19)24-21(28)9-10-22(29)26-11-13-27(14-12-26)23(30)20-6-5-15-33-20/h7-8,16,20H,4-6,9-15H2,1-3H3. The summed E-state index contributed by atoms with van der Waals surface area (Å²) in [6.45, 7) is 5.41. The lowest BCUT2D eigenvalue weighted by Crippen LogP contribution is -2.52. The van der Waals surface area contributed by atoms with Crippen LogP contribution in [0.2, 0.25) is 0 Å². The van der Waals surface area contributed by atoms with Crippen molar-refractivity contribution in [2.75, 3.05) is 46.9 Å². The van der Waals surface area contributed by atoms with Gasteiger partial charge in [-0.3, -0.25) is 9.59 Å². The van der Waals surface area contributed by atoms with Gasteiger partial charge in [-0.25, -0.2) is 17.7 Å². The van der Waals surface area contributed by atoms with Gasteiger partial charge >= 0.3 is 0 Å². The first-order chi connectivity index (χ1) is 16.2. The van der Waals surface area contributed by atoms with Crippen LogP contribution in [-0.4, -0.2) is 96.9 Å². The Morgan fingerprint density at radius 2 is 1.85 bits per heavy atom. The van der Waals surface area contributed by atoms with Crippen LogP contribution in [0.1, 0.15) is 32.0 Å². The Balaban J connectivity index is 1.39. The molecule has 2 fully saturated rings. The first-order valence-electron chi connectivity index (χ1n) is 11.8. The van der Waals surface area contributed by atoms with E-state index >= 15 is 0 Å². The molecule has 0 N–H and O–H groups in total. The Labute approximate surface area is 200 Å². The molecule has 0 bridgehead atoms. The molecule has 2 aliphatic rings. The molecule has 10 nitrogen and oxygen atoms in total. The second kappa shape index (κ2) is 10.0. The zero-order valence-corrected chi connectivity index (χ0v) is 20.9. The number of carbonyl (C=O) groups excluding carboxylic acids is 2. The predicted molar refractivity (Wildman–Crippen MR) is 127 cm³/mol. The highest BCUT2D eigenvalue weighted by Gasteiger charge is 2.31. The third kappa shape index (κ3) is 4.82. The van der Waals surface area contributed by atoms with Gasteiger partial charge in [0.25, 0.3) is 5.91 Å². The zero-order chi connectivity index (χ0) is 24.5. The fourth-order valence-electron chi connectivity index (χ4n) is 4.60. The minimum Gasteiger partial charge on any atom is -0.368 e. The number of aromatic nitrogens is 2. The van der Waals surface area contributed by atoms with Crippen molar-refractivity contribution in [2.45, 2.75) is 50.2 Å². The molecule has 4 rings (SSSR count). The normalized spacial score (nSPS) is 19.4. The lowest BCUT2D eigenvalue weighted by atomic mass is 10.2. The van der Waals surface area contributed by atoms with E-state index in [4.69, 9.17) is 4.74 Å². The summed E-state index contributed by atoms with van der Waals surface area (Å²) >= 11 is 0. The number of sulfonamides is 1. The quantitative estimate of drug-likeness (QED) is 0.574. The number of hydrogen-bond donors (Lipinski definition) is 0. The molecule has 11 heteroatoms. The maximum absolute atomic E-state index is 12.9. The second-order valence-electron chi connectivity index (χ2n) is 8.92. The molecule has 1 atom stereocenters. The minimum atomic E-state index is -3.55. The van der Waals surface area contributed by atoms with Crippen LogP contribution in [0.15, 0.2) is 23.1 Å². The molecule has 3 heterocycles. The maximum atomic E-state index is 12.9. The van der Waals surface area contributed by atoms with E-state index in [1.165, 1.54) is 18.4 Å². The molecule has 1 unspecified atom stereocenters. The van der Waals surface area contributed by atoms with Crippen LogP contribution in [0.4, 0.5) is 0 Å². The molecule has 2 saturated heterocycles. The molecule has 2 aliphatic heterocycles. The molecular formula is C23H33N5O5S. The molecule has 0 saturated carbocycles. The number of carbonyl (C=O) groups is 2. The third-order valence-corrected chi connectivity index (χ3v) is 8.42. The number of rotatable bonds is 7. The number of amides is 2. The fraction of sp³-hybridized carbons (Fsp3) is 0.609. The highest BCUT2D eigenvalue weighted by molar-refractivity contribution is 7.89. The molecule has 2 aromatic rings. The van der Waals surface area contributed by atoms with E-state index in [1.54, 1.807) is 28.0 Å². The average Bonchev–Trinajstić information content (AvgIpc) is 3.49. The van der Waals surface area contributed by atoms with Gasteiger partial charge < -0.3 is 19.1 Å². The van der Waals surface area contributed by atoms with Gasteiger partial charge in [0.15, 0.2) is 0 Å². The number of hydrogen-bond acceptors (Lipinski definition) is 6. The van der Waals surface area contributed by atoms with Crippen LogP contribution in [0.25, 0.3) is 11.0 Å². The summed E-state index contributed by atoms with van der Waals surface area (Å²) in [4.78, 5) is 33.8. The van der Waals surface area contributed by atoms with Gasteiger partial charge in [-0.1, -0.05) is 0 Å². The number of benzene rings is 1. The number of ether oxygens (including phenoxy) is 1. The van der Waals surface area contributed by atoms with E-state index in [2.05, 4.69) is 4.98 Å². The van der Waals surface area contributed by atoms with Crippen LogP contribution in [-0.2, 0) is 37.3 Å². The highest BCUT2D eigenvalue weighted by atomic mass is 32.2. The predicted octanol–water partition coefficient (Wildman–Crippen LogP) is 1.09. The number of piperazine rings is 1. The summed E-state index contributed by atoms with van der Waals surface area (Å²) in [5.74, 6) is 0.837. The van der Waals surface area contributed by atoms with Crippen molar-refractivity contribution >= 4 is 32.9 Å². The summed E-state index contributed by atoms with van der Waals surface area (Å²) in [5, 5.41) is 0. The van der Waals surface area contributed by atoms with Crippen LogP contribution >= 0.6 is 0 Å². The van der Waals surface area contributed by atoms with Crippen molar-refractivity contribution in [3.05, 3.63) is 24.0 Å². The molecule has 0 radical (unpaired) electrons. The Hall–Kier alpha value is -2.50. The largest absolute Gasteiger partial charge is 0.368 e. The maximum Gasteiger partial charge on any atom is 0.251 e. The van der Waals surface area contributed by atoms with Gasteiger partial charge in [0, 0.05) is 66.3 Å². The average molecular weight is 492 g/mol. The van der Waals surface area contributed by atoms with Crippen LogP contribution < -0.4 is 0 Å². The van der Waals surface area contributed by atoms with Gasteiger partial charge in [-0.2, -0.15) is 0 Å².